The maximum atomic E-state index is 12.6. The summed E-state index contributed by atoms with van der Waals surface area (Å²) >= 11 is 5.93. The predicted molar refractivity (Wildman–Crippen MR) is 80.3 cm³/mol. The average Bonchev–Trinajstić information content (AvgIpc) is 2.91. The first-order valence-electron chi connectivity index (χ1n) is 6.58. The second-order valence-electron chi connectivity index (χ2n) is 4.72. The van der Waals surface area contributed by atoms with Crippen molar-refractivity contribution in [1.29, 1.82) is 0 Å². The van der Waals surface area contributed by atoms with E-state index in [0.717, 1.165) is 0 Å². The van der Waals surface area contributed by atoms with Crippen LogP contribution in [-0.2, 0) is 25.9 Å². The highest BCUT2D eigenvalue weighted by molar-refractivity contribution is 6.16. The number of hydrogen-bond acceptors (Lipinski definition) is 4. The van der Waals surface area contributed by atoms with Gasteiger partial charge in [0.1, 0.15) is 12.2 Å². The SMILES string of the molecule is Cn1cnc(CCn2c(CCl)nc3ccccc3c2=O)n1. The first-order valence-corrected chi connectivity index (χ1v) is 7.11. The number of nitrogens with zero attached hydrogens (tertiary/aromatic N) is 5. The van der Waals surface area contributed by atoms with Crippen molar-refractivity contribution in [1.82, 2.24) is 24.3 Å². The molecule has 0 amide bonds. The maximum Gasteiger partial charge on any atom is 0.261 e. The summed E-state index contributed by atoms with van der Waals surface area (Å²) in [7, 11) is 1.81. The Morgan fingerprint density at radius 2 is 2.10 bits per heavy atom. The fourth-order valence-corrected chi connectivity index (χ4v) is 2.46. The normalized spacial score (nSPS) is 11.1. The minimum Gasteiger partial charge on any atom is -0.295 e. The number of para-hydroxylation sites is 1. The fraction of sp³-hybridized carbons (Fsp3) is 0.286. The molecule has 2 aromatic heterocycles. The van der Waals surface area contributed by atoms with Gasteiger partial charge in [-0.3, -0.25) is 14.0 Å². The Morgan fingerprint density at radius 3 is 2.81 bits per heavy atom. The first kappa shape index (κ1) is 13.8. The molecule has 108 valence electrons. The molecule has 0 spiro atoms. The van der Waals surface area contributed by atoms with Crippen molar-refractivity contribution < 1.29 is 0 Å². The number of aromatic nitrogens is 5. The van der Waals surface area contributed by atoms with E-state index in [1.807, 2.05) is 25.2 Å². The molecule has 0 radical (unpaired) electrons. The molecule has 0 bridgehead atoms. The van der Waals surface area contributed by atoms with Crippen LogP contribution in [-0.4, -0.2) is 24.3 Å². The van der Waals surface area contributed by atoms with E-state index in [9.17, 15) is 4.79 Å². The number of halogens is 1. The Bertz CT molecular complexity index is 839. The summed E-state index contributed by atoms with van der Waals surface area (Å²) in [6.45, 7) is 0.461. The monoisotopic (exact) mass is 303 g/mol. The summed E-state index contributed by atoms with van der Waals surface area (Å²) in [6, 6.07) is 7.28. The highest BCUT2D eigenvalue weighted by Gasteiger charge is 2.10. The molecule has 21 heavy (non-hydrogen) atoms. The van der Waals surface area contributed by atoms with Crippen molar-refractivity contribution in [2.24, 2.45) is 7.05 Å². The molecule has 2 heterocycles. The number of hydrogen-bond donors (Lipinski definition) is 0. The molecule has 0 unspecified atom stereocenters. The Hall–Kier alpha value is -2.21. The second kappa shape index (κ2) is 5.65. The van der Waals surface area contributed by atoms with Crippen molar-refractivity contribution in [2.75, 3.05) is 0 Å². The minimum absolute atomic E-state index is 0.0767. The van der Waals surface area contributed by atoms with E-state index in [2.05, 4.69) is 15.1 Å². The summed E-state index contributed by atoms with van der Waals surface area (Å²) in [4.78, 5) is 21.2. The third kappa shape index (κ3) is 2.67. The zero-order chi connectivity index (χ0) is 14.8. The quantitative estimate of drug-likeness (QED) is 0.685. The van der Waals surface area contributed by atoms with E-state index in [-0.39, 0.29) is 11.4 Å². The predicted octanol–water partition coefficient (Wildman–Crippen LogP) is 1.51. The van der Waals surface area contributed by atoms with Crippen LogP contribution in [0.1, 0.15) is 11.6 Å². The van der Waals surface area contributed by atoms with Gasteiger partial charge in [0.05, 0.1) is 16.8 Å². The van der Waals surface area contributed by atoms with Crippen LogP contribution in [0.15, 0.2) is 35.4 Å². The number of rotatable bonds is 4. The third-order valence-electron chi connectivity index (χ3n) is 3.27. The van der Waals surface area contributed by atoms with Gasteiger partial charge in [-0.1, -0.05) is 12.1 Å². The number of fused-ring (bicyclic) bond motifs is 1. The van der Waals surface area contributed by atoms with Crippen molar-refractivity contribution in [3.05, 3.63) is 52.6 Å². The molecule has 7 heteroatoms. The zero-order valence-corrected chi connectivity index (χ0v) is 12.3. The zero-order valence-electron chi connectivity index (χ0n) is 11.5. The largest absolute Gasteiger partial charge is 0.295 e. The topological polar surface area (TPSA) is 65.6 Å². The van der Waals surface area contributed by atoms with Gasteiger partial charge in [-0.25, -0.2) is 9.97 Å². The van der Waals surface area contributed by atoms with E-state index in [4.69, 9.17) is 11.6 Å². The van der Waals surface area contributed by atoms with Crippen LogP contribution in [0.25, 0.3) is 10.9 Å². The number of aryl methyl sites for hydroxylation is 2. The summed E-state index contributed by atoms with van der Waals surface area (Å²) < 4.78 is 3.24. The maximum absolute atomic E-state index is 12.6. The van der Waals surface area contributed by atoms with E-state index in [0.29, 0.717) is 35.5 Å². The lowest BCUT2D eigenvalue weighted by atomic mass is 10.2. The molecule has 0 saturated heterocycles. The van der Waals surface area contributed by atoms with E-state index < -0.39 is 0 Å². The van der Waals surface area contributed by atoms with Crippen LogP contribution < -0.4 is 5.56 Å². The Labute approximate surface area is 126 Å². The van der Waals surface area contributed by atoms with Crippen molar-refractivity contribution in [3.63, 3.8) is 0 Å². The Balaban J connectivity index is 2.00. The summed E-state index contributed by atoms with van der Waals surface area (Å²) in [5.74, 6) is 1.45. The first-order chi connectivity index (χ1) is 10.2. The van der Waals surface area contributed by atoms with Gasteiger partial charge >= 0.3 is 0 Å². The van der Waals surface area contributed by atoms with Crippen LogP contribution in [0.3, 0.4) is 0 Å². The highest BCUT2D eigenvalue weighted by atomic mass is 35.5. The van der Waals surface area contributed by atoms with Crippen LogP contribution in [0.5, 0.6) is 0 Å². The van der Waals surface area contributed by atoms with Crippen LogP contribution in [0, 0.1) is 0 Å². The van der Waals surface area contributed by atoms with Crippen molar-refractivity contribution in [3.8, 4) is 0 Å². The Kier molecular flexibility index (Phi) is 3.70. The molecule has 0 N–H and O–H groups in total. The molecule has 0 saturated carbocycles. The molecular formula is C14H14ClN5O. The standard InChI is InChI=1S/C14H14ClN5O/c1-19-9-16-12(18-19)6-7-20-13(8-15)17-11-5-3-2-4-10(11)14(20)21/h2-5,9H,6-8H2,1H3. The van der Waals surface area contributed by atoms with Gasteiger partial charge in [-0.05, 0) is 12.1 Å². The molecule has 6 nitrogen and oxygen atoms in total. The van der Waals surface area contributed by atoms with Gasteiger partial charge in [0, 0.05) is 20.0 Å². The molecule has 0 fully saturated rings. The third-order valence-corrected chi connectivity index (χ3v) is 3.51. The lowest BCUT2D eigenvalue weighted by molar-refractivity contribution is 0.613. The van der Waals surface area contributed by atoms with Gasteiger partial charge in [0.25, 0.3) is 5.56 Å². The highest BCUT2D eigenvalue weighted by Crippen LogP contribution is 2.10. The lowest BCUT2D eigenvalue weighted by Gasteiger charge is -2.10. The van der Waals surface area contributed by atoms with Crippen LogP contribution >= 0.6 is 11.6 Å². The minimum atomic E-state index is -0.0767. The van der Waals surface area contributed by atoms with E-state index in [1.165, 1.54) is 0 Å². The molecule has 1 aromatic carbocycles. The molecule has 0 atom stereocenters. The van der Waals surface area contributed by atoms with Gasteiger partial charge in [0.15, 0.2) is 5.82 Å². The second-order valence-corrected chi connectivity index (χ2v) is 4.99. The van der Waals surface area contributed by atoms with Gasteiger partial charge in [-0.15, -0.1) is 11.6 Å². The molecule has 0 aliphatic heterocycles. The van der Waals surface area contributed by atoms with E-state index in [1.54, 1.807) is 21.6 Å². The molecular weight excluding hydrogens is 290 g/mol. The van der Waals surface area contributed by atoms with Gasteiger partial charge in [0.2, 0.25) is 0 Å². The summed E-state index contributed by atoms with van der Waals surface area (Å²) in [5, 5.41) is 4.81. The Morgan fingerprint density at radius 1 is 1.29 bits per heavy atom. The molecule has 3 rings (SSSR count). The summed E-state index contributed by atoms with van der Waals surface area (Å²) in [6.07, 6.45) is 2.20. The molecule has 3 aromatic rings. The van der Waals surface area contributed by atoms with Gasteiger partial charge in [-0.2, -0.15) is 5.10 Å². The fourth-order valence-electron chi connectivity index (χ4n) is 2.26. The van der Waals surface area contributed by atoms with Crippen molar-refractivity contribution in [2.45, 2.75) is 18.8 Å². The average molecular weight is 304 g/mol. The van der Waals surface area contributed by atoms with Crippen LogP contribution in [0.4, 0.5) is 0 Å². The number of alkyl halides is 1. The van der Waals surface area contributed by atoms with Crippen LogP contribution in [0.2, 0.25) is 0 Å². The molecule has 0 aliphatic carbocycles. The smallest absolute Gasteiger partial charge is 0.261 e. The molecule has 0 aliphatic rings. The van der Waals surface area contributed by atoms with E-state index >= 15 is 0 Å². The lowest BCUT2D eigenvalue weighted by Crippen LogP contribution is -2.26. The number of benzene rings is 1. The summed E-state index contributed by atoms with van der Waals surface area (Å²) in [5.41, 5.74) is 0.595. The van der Waals surface area contributed by atoms with Crippen molar-refractivity contribution >= 4 is 22.5 Å². The van der Waals surface area contributed by atoms with Gasteiger partial charge < -0.3 is 0 Å².